The molecule has 0 radical (unpaired) electrons. The van der Waals surface area contributed by atoms with Crippen molar-refractivity contribution in [2.75, 3.05) is 13.1 Å². The van der Waals surface area contributed by atoms with Crippen molar-refractivity contribution in [2.24, 2.45) is 75.9 Å². The van der Waals surface area contributed by atoms with Crippen LogP contribution in [-0.4, -0.2) is 46.5 Å². The van der Waals surface area contributed by atoms with E-state index in [2.05, 4.69) is 0 Å². The Labute approximate surface area is 244 Å². The van der Waals surface area contributed by atoms with Crippen LogP contribution in [0.4, 0.5) is 0 Å². The van der Waals surface area contributed by atoms with Crippen molar-refractivity contribution >= 4 is 23.6 Å². The van der Waals surface area contributed by atoms with E-state index >= 15 is 0 Å². The summed E-state index contributed by atoms with van der Waals surface area (Å²) in [6.45, 7) is 3.07. The van der Waals surface area contributed by atoms with Crippen LogP contribution in [0.2, 0.25) is 0 Å². The summed E-state index contributed by atoms with van der Waals surface area (Å²) in [6.07, 6.45) is 19.3. The molecule has 11 rings (SSSR count). The van der Waals surface area contributed by atoms with Crippen molar-refractivity contribution in [1.29, 1.82) is 0 Å². The SMILES string of the molecule is C/C=C/C1[C@H]2C(=O)N(CC34CC5CC(CC(C5)C3)C4)C(=O)[C@H]2C[C@H]2C(=O)N(CC34CC5CC(CC(C5)C3)C4)C(=O)[C@@H]12. The zero-order valence-corrected chi connectivity index (χ0v) is 24.6. The normalized spacial score (nSPS) is 52.9. The van der Waals surface area contributed by atoms with Crippen LogP contribution in [0.25, 0.3) is 0 Å². The van der Waals surface area contributed by atoms with Gasteiger partial charge in [0.25, 0.3) is 0 Å². The Kier molecular flexibility index (Phi) is 5.33. The molecule has 0 aromatic carbocycles. The fourth-order valence-electron chi connectivity index (χ4n) is 13.9. The Hall–Kier alpha value is -1.98. The lowest BCUT2D eigenvalue weighted by atomic mass is 9.49. The van der Waals surface area contributed by atoms with Crippen LogP contribution in [0.15, 0.2) is 12.2 Å². The Balaban J connectivity index is 0.985. The highest BCUT2D eigenvalue weighted by Gasteiger charge is 2.65. The maximum Gasteiger partial charge on any atom is 0.233 e. The number of amides is 4. The standard InChI is InChI=1S/C35H46N2O4/c1-2-3-25-28-26(30(38)36(32(28)40)17-34-11-19-4-20(12-34)6-21(5-19)13-34)10-27-29(25)33(41)37(31(27)39)18-35-14-22-7-23(15-35)9-24(8-22)16-35/h2-3,19-29H,4-18H2,1H3/b3-2+/t19?,20?,21?,22?,23?,24?,25?,26-,27+,28+,29-,34?,35?. The maximum absolute atomic E-state index is 14.2. The molecule has 11 fully saturated rings. The summed E-state index contributed by atoms with van der Waals surface area (Å²) >= 11 is 0. The third-order valence-electron chi connectivity index (χ3n) is 14.2. The monoisotopic (exact) mass is 558 g/mol. The summed E-state index contributed by atoms with van der Waals surface area (Å²) < 4.78 is 0. The van der Waals surface area contributed by atoms with Crippen LogP contribution in [-0.2, 0) is 19.2 Å². The van der Waals surface area contributed by atoms with Gasteiger partial charge in [-0.25, -0.2) is 0 Å². The van der Waals surface area contributed by atoms with E-state index in [9.17, 15) is 19.2 Å². The van der Waals surface area contributed by atoms with Gasteiger partial charge in [-0.2, -0.15) is 0 Å². The van der Waals surface area contributed by atoms with Gasteiger partial charge in [-0.15, -0.1) is 0 Å². The van der Waals surface area contributed by atoms with Crippen LogP contribution < -0.4 is 0 Å². The molecule has 1 unspecified atom stereocenters. The molecule has 5 atom stereocenters. The highest BCUT2D eigenvalue weighted by molar-refractivity contribution is 6.10. The summed E-state index contributed by atoms with van der Waals surface area (Å²) in [4.78, 5) is 59.7. The van der Waals surface area contributed by atoms with E-state index in [0.717, 1.165) is 74.0 Å². The number of nitrogens with zero attached hydrogens (tertiary/aromatic N) is 2. The second-order valence-corrected chi connectivity index (χ2v) is 17.0. The van der Waals surface area contributed by atoms with E-state index in [1.54, 1.807) is 9.80 Å². The van der Waals surface area contributed by atoms with Crippen molar-refractivity contribution < 1.29 is 19.2 Å². The highest BCUT2D eigenvalue weighted by atomic mass is 16.2. The predicted molar refractivity (Wildman–Crippen MR) is 152 cm³/mol. The first-order chi connectivity index (χ1) is 19.7. The Morgan fingerprint density at radius 3 is 1.22 bits per heavy atom. The average molecular weight is 559 g/mol. The molecule has 0 spiro atoms. The van der Waals surface area contributed by atoms with Crippen LogP contribution in [0, 0.1) is 75.9 Å². The minimum absolute atomic E-state index is 0.0523. The van der Waals surface area contributed by atoms with E-state index in [-0.39, 0.29) is 40.4 Å². The van der Waals surface area contributed by atoms with Gasteiger partial charge in [-0.3, -0.25) is 29.0 Å². The molecule has 0 N–H and O–H groups in total. The number of carbonyl (C=O) groups excluding carboxylic acids is 4. The summed E-state index contributed by atoms with van der Waals surface area (Å²) in [5.74, 6) is 2.09. The minimum Gasteiger partial charge on any atom is -0.282 e. The van der Waals surface area contributed by atoms with Crippen LogP contribution >= 0.6 is 0 Å². The molecular weight excluding hydrogens is 512 g/mol. The van der Waals surface area contributed by atoms with Gasteiger partial charge in [0.1, 0.15) is 0 Å². The largest absolute Gasteiger partial charge is 0.282 e. The first-order valence-corrected chi connectivity index (χ1v) is 17.1. The molecule has 9 aliphatic carbocycles. The summed E-state index contributed by atoms with van der Waals surface area (Å²) in [5.41, 5.74) is 0.194. The quantitative estimate of drug-likeness (QED) is 0.343. The van der Waals surface area contributed by atoms with Gasteiger partial charge < -0.3 is 0 Å². The van der Waals surface area contributed by atoms with Gasteiger partial charge in [0.05, 0.1) is 23.7 Å². The Morgan fingerprint density at radius 1 is 0.561 bits per heavy atom. The molecule has 0 aromatic heterocycles. The molecular formula is C35H46N2O4. The fraction of sp³-hybridized carbons (Fsp3) is 0.829. The number of fused-ring (bicyclic) bond motifs is 2. The molecule has 2 aliphatic heterocycles. The van der Waals surface area contributed by atoms with Crippen LogP contribution in [0.5, 0.6) is 0 Å². The smallest absolute Gasteiger partial charge is 0.233 e. The second-order valence-electron chi connectivity index (χ2n) is 17.0. The van der Waals surface area contributed by atoms with E-state index in [1.807, 2.05) is 19.1 Å². The van der Waals surface area contributed by atoms with Gasteiger partial charge in [0.15, 0.2) is 0 Å². The molecule has 2 saturated heterocycles. The van der Waals surface area contributed by atoms with Crippen LogP contribution in [0.1, 0.15) is 90.4 Å². The Bertz CT molecular complexity index is 1090. The van der Waals surface area contributed by atoms with E-state index < -0.39 is 23.7 Å². The Morgan fingerprint density at radius 2 is 0.902 bits per heavy atom. The number of hydrogen-bond donors (Lipinski definition) is 0. The van der Waals surface area contributed by atoms with Gasteiger partial charge in [-0.1, -0.05) is 12.2 Å². The van der Waals surface area contributed by atoms with Crippen molar-refractivity contribution in [2.45, 2.75) is 90.4 Å². The number of hydrogen-bond acceptors (Lipinski definition) is 4. The number of imide groups is 2. The highest BCUT2D eigenvalue weighted by Crippen LogP contribution is 2.63. The van der Waals surface area contributed by atoms with E-state index in [1.165, 1.54) is 38.5 Å². The van der Waals surface area contributed by atoms with Crippen molar-refractivity contribution in [3.8, 4) is 0 Å². The fourth-order valence-corrected chi connectivity index (χ4v) is 13.9. The number of carbonyl (C=O) groups is 4. The van der Waals surface area contributed by atoms with Gasteiger partial charge in [-0.05, 0) is 137 Å². The zero-order chi connectivity index (χ0) is 27.8. The molecule has 9 saturated carbocycles. The van der Waals surface area contributed by atoms with Gasteiger partial charge in [0, 0.05) is 19.0 Å². The summed E-state index contributed by atoms with van der Waals surface area (Å²) in [6, 6.07) is 0. The molecule has 220 valence electrons. The molecule has 6 nitrogen and oxygen atoms in total. The molecule has 11 aliphatic rings. The maximum atomic E-state index is 14.2. The molecule has 41 heavy (non-hydrogen) atoms. The van der Waals surface area contributed by atoms with Gasteiger partial charge in [0.2, 0.25) is 23.6 Å². The molecule has 6 heteroatoms. The number of allylic oxidation sites excluding steroid dienone is 2. The van der Waals surface area contributed by atoms with E-state index in [0.29, 0.717) is 19.5 Å². The third-order valence-corrected chi connectivity index (χ3v) is 14.2. The number of likely N-dealkylation sites (tertiary alicyclic amines) is 2. The van der Waals surface area contributed by atoms with Crippen LogP contribution in [0.3, 0.4) is 0 Å². The number of rotatable bonds is 5. The lowest BCUT2D eigenvalue weighted by Gasteiger charge is -2.57. The molecule has 2 heterocycles. The first-order valence-electron chi connectivity index (χ1n) is 17.1. The van der Waals surface area contributed by atoms with Crippen molar-refractivity contribution in [3.05, 3.63) is 12.2 Å². The minimum atomic E-state index is -0.495. The molecule has 0 aromatic rings. The lowest BCUT2D eigenvalue weighted by Crippen LogP contribution is -2.52. The van der Waals surface area contributed by atoms with Crippen molar-refractivity contribution in [3.63, 3.8) is 0 Å². The first kappa shape index (κ1) is 25.5. The summed E-state index contributed by atoms with van der Waals surface area (Å²) in [7, 11) is 0. The zero-order valence-electron chi connectivity index (χ0n) is 24.6. The molecule has 4 amide bonds. The third kappa shape index (κ3) is 3.60. The lowest BCUT2D eigenvalue weighted by molar-refractivity contribution is -0.146. The molecule has 8 bridgehead atoms. The van der Waals surface area contributed by atoms with Gasteiger partial charge >= 0.3 is 0 Å². The summed E-state index contributed by atoms with van der Waals surface area (Å²) in [5, 5.41) is 0. The van der Waals surface area contributed by atoms with Crippen molar-refractivity contribution in [1.82, 2.24) is 9.80 Å². The predicted octanol–water partition coefficient (Wildman–Crippen LogP) is 5.22. The van der Waals surface area contributed by atoms with E-state index in [4.69, 9.17) is 0 Å². The topological polar surface area (TPSA) is 74.8 Å². The average Bonchev–Trinajstić information content (AvgIpc) is 3.27. The second kappa shape index (κ2) is 8.56.